The molecule has 1 N–H and O–H groups in total. The van der Waals surface area contributed by atoms with Crippen LogP contribution in [-0.4, -0.2) is 21.2 Å². The number of aryl methyl sites for hydroxylation is 1. The monoisotopic (exact) mass is 351 g/mol. The molecular formula is C19H14FN3O3. The van der Waals surface area contributed by atoms with E-state index in [9.17, 15) is 18.8 Å². The summed E-state index contributed by atoms with van der Waals surface area (Å²) >= 11 is 0. The second-order valence-corrected chi connectivity index (χ2v) is 6.18. The van der Waals surface area contributed by atoms with Gasteiger partial charge in [0.25, 0.3) is 5.56 Å². The summed E-state index contributed by atoms with van der Waals surface area (Å²) in [6.45, 7) is -0.162. The van der Waals surface area contributed by atoms with Gasteiger partial charge in [0, 0.05) is 23.7 Å². The molecule has 1 aliphatic heterocycles. The van der Waals surface area contributed by atoms with Gasteiger partial charge in [-0.3, -0.25) is 19.0 Å². The number of Topliss-reactive ketones (excluding diaryl/α,β-unsaturated/α-hetero) is 1. The van der Waals surface area contributed by atoms with Gasteiger partial charge in [-0.25, -0.2) is 9.37 Å². The van der Waals surface area contributed by atoms with Crippen molar-refractivity contribution < 1.29 is 14.0 Å². The Bertz CT molecular complexity index is 1120. The maximum Gasteiger partial charge on any atom is 0.261 e. The summed E-state index contributed by atoms with van der Waals surface area (Å²) < 4.78 is 14.4. The van der Waals surface area contributed by atoms with E-state index in [0.717, 1.165) is 5.56 Å². The van der Waals surface area contributed by atoms with E-state index in [2.05, 4.69) is 10.3 Å². The number of rotatable bonds is 3. The molecule has 7 heteroatoms. The highest BCUT2D eigenvalue weighted by molar-refractivity contribution is 5.99. The number of ketones is 1. The molecule has 1 amide bonds. The maximum atomic E-state index is 13.2. The Hall–Kier alpha value is -3.35. The predicted molar refractivity (Wildman–Crippen MR) is 93.7 cm³/mol. The SMILES string of the molecule is O=C1CCc2cc(C(=O)Cn3cnc4cc(F)ccc4c3=O)ccc2N1. The molecule has 2 aromatic carbocycles. The quantitative estimate of drug-likeness (QED) is 0.734. The van der Waals surface area contributed by atoms with Crippen molar-refractivity contribution in [2.45, 2.75) is 19.4 Å². The standard InChI is InChI=1S/C19H14FN3O3/c20-13-3-4-14-16(8-13)21-10-23(19(14)26)9-17(24)12-1-5-15-11(7-12)2-6-18(25)22-15/h1,3-5,7-8,10H,2,6,9H2,(H,22,25). The topological polar surface area (TPSA) is 81.1 Å². The van der Waals surface area contributed by atoms with Gasteiger partial charge in [0.1, 0.15) is 5.82 Å². The van der Waals surface area contributed by atoms with E-state index >= 15 is 0 Å². The van der Waals surface area contributed by atoms with Crippen LogP contribution in [0.4, 0.5) is 10.1 Å². The number of aromatic nitrogens is 2. The lowest BCUT2D eigenvalue weighted by Gasteiger charge is -2.17. The van der Waals surface area contributed by atoms with E-state index in [4.69, 9.17) is 0 Å². The number of fused-ring (bicyclic) bond motifs is 2. The molecule has 4 rings (SSSR count). The molecule has 0 spiro atoms. The van der Waals surface area contributed by atoms with Gasteiger partial charge < -0.3 is 5.32 Å². The summed E-state index contributed by atoms with van der Waals surface area (Å²) in [5.41, 5.74) is 1.93. The van der Waals surface area contributed by atoms with Crippen molar-refractivity contribution in [3.63, 3.8) is 0 Å². The highest BCUT2D eigenvalue weighted by Gasteiger charge is 2.17. The molecule has 0 saturated carbocycles. The van der Waals surface area contributed by atoms with Gasteiger partial charge in [-0.05, 0) is 42.3 Å². The number of carbonyl (C=O) groups is 2. The second-order valence-electron chi connectivity index (χ2n) is 6.18. The van der Waals surface area contributed by atoms with Gasteiger partial charge >= 0.3 is 0 Å². The molecular weight excluding hydrogens is 337 g/mol. The number of carbonyl (C=O) groups excluding carboxylic acids is 2. The van der Waals surface area contributed by atoms with Crippen LogP contribution < -0.4 is 10.9 Å². The van der Waals surface area contributed by atoms with Crippen LogP contribution >= 0.6 is 0 Å². The van der Waals surface area contributed by atoms with E-state index in [1.54, 1.807) is 18.2 Å². The van der Waals surface area contributed by atoms with Gasteiger partial charge in [0.05, 0.1) is 23.8 Å². The first-order valence-corrected chi connectivity index (χ1v) is 8.12. The van der Waals surface area contributed by atoms with Crippen molar-refractivity contribution in [2.75, 3.05) is 5.32 Å². The minimum atomic E-state index is -0.473. The van der Waals surface area contributed by atoms with Crippen molar-refractivity contribution in [1.82, 2.24) is 9.55 Å². The molecule has 26 heavy (non-hydrogen) atoms. The van der Waals surface area contributed by atoms with Crippen LogP contribution in [0.5, 0.6) is 0 Å². The predicted octanol–water partition coefficient (Wildman–Crippen LogP) is 2.30. The summed E-state index contributed by atoms with van der Waals surface area (Å²) in [5.74, 6) is -0.753. The van der Waals surface area contributed by atoms with Crippen molar-refractivity contribution in [1.29, 1.82) is 0 Å². The summed E-state index contributed by atoms with van der Waals surface area (Å²) in [4.78, 5) is 40.5. The van der Waals surface area contributed by atoms with Crippen LogP contribution in [-0.2, 0) is 17.8 Å². The smallest absolute Gasteiger partial charge is 0.261 e. The van der Waals surface area contributed by atoms with Crippen LogP contribution in [0.15, 0.2) is 47.5 Å². The van der Waals surface area contributed by atoms with Crippen LogP contribution in [0.25, 0.3) is 10.9 Å². The summed E-state index contributed by atoms with van der Waals surface area (Å²) in [5, 5.41) is 3.02. The molecule has 0 fully saturated rings. The van der Waals surface area contributed by atoms with Gasteiger partial charge in [0.2, 0.25) is 5.91 Å². The maximum absolute atomic E-state index is 13.2. The molecule has 2 heterocycles. The number of anilines is 1. The number of halogens is 1. The molecule has 0 bridgehead atoms. The molecule has 0 atom stereocenters. The number of hydrogen-bond acceptors (Lipinski definition) is 4. The fourth-order valence-electron chi connectivity index (χ4n) is 3.05. The molecule has 0 aliphatic carbocycles. The summed E-state index contributed by atoms with van der Waals surface area (Å²) in [6.07, 6.45) is 2.21. The van der Waals surface area contributed by atoms with Gasteiger partial charge in [0.15, 0.2) is 5.78 Å². The highest BCUT2D eigenvalue weighted by atomic mass is 19.1. The Kier molecular flexibility index (Phi) is 3.84. The Morgan fingerprint density at radius 2 is 2.00 bits per heavy atom. The Morgan fingerprint density at radius 1 is 1.15 bits per heavy atom. The van der Waals surface area contributed by atoms with E-state index in [0.29, 0.717) is 24.1 Å². The number of benzene rings is 2. The third-order valence-corrected chi connectivity index (χ3v) is 4.42. The number of nitrogens with zero attached hydrogens (tertiary/aromatic N) is 2. The van der Waals surface area contributed by atoms with Gasteiger partial charge in [-0.2, -0.15) is 0 Å². The number of hydrogen-bond donors (Lipinski definition) is 1. The normalized spacial score (nSPS) is 13.3. The van der Waals surface area contributed by atoms with Crippen LogP contribution in [0.1, 0.15) is 22.3 Å². The third-order valence-electron chi connectivity index (χ3n) is 4.42. The minimum absolute atomic E-state index is 0.0400. The second kappa shape index (κ2) is 6.18. The molecule has 6 nitrogen and oxygen atoms in total. The van der Waals surface area contributed by atoms with Crippen LogP contribution in [0.3, 0.4) is 0 Å². The zero-order chi connectivity index (χ0) is 18.3. The van der Waals surface area contributed by atoms with Gasteiger partial charge in [-0.1, -0.05) is 0 Å². The Morgan fingerprint density at radius 3 is 2.85 bits per heavy atom. The molecule has 0 unspecified atom stereocenters. The van der Waals surface area contributed by atoms with Gasteiger partial charge in [-0.15, -0.1) is 0 Å². The van der Waals surface area contributed by atoms with Crippen molar-refractivity contribution >= 4 is 28.3 Å². The number of nitrogens with one attached hydrogen (secondary N) is 1. The van der Waals surface area contributed by atoms with E-state index in [1.807, 2.05) is 0 Å². The molecule has 3 aromatic rings. The summed E-state index contributed by atoms with van der Waals surface area (Å²) in [7, 11) is 0. The lowest BCUT2D eigenvalue weighted by Crippen LogP contribution is -2.25. The average Bonchev–Trinajstić information content (AvgIpc) is 2.63. The van der Waals surface area contributed by atoms with E-state index in [1.165, 1.54) is 29.1 Å². The lowest BCUT2D eigenvalue weighted by molar-refractivity contribution is -0.116. The van der Waals surface area contributed by atoms with Crippen LogP contribution in [0.2, 0.25) is 0 Å². The molecule has 1 aromatic heterocycles. The highest BCUT2D eigenvalue weighted by Crippen LogP contribution is 2.23. The lowest BCUT2D eigenvalue weighted by atomic mass is 9.99. The Balaban J connectivity index is 1.63. The molecule has 0 radical (unpaired) electrons. The summed E-state index contributed by atoms with van der Waals surface area (Å²) in [6, 6.07) is 8.80. The first kappa shape index (κ1) is 16.1. The fraction of sp³-hybridized carbons (Fsp3) is 0.158. The van der Waals surface area contributed by atoms with E-state index in [-0.39, 0.29) is 29.1 Å². The van der Waals surface area contributed by atoms with Crippen molar-refractivity contribution in [3.8, 4) is 0 Å². The average molecular weight is 351 g/mol. The third kappa shape index (κ3) is 2.88. The zero-order valence-corrected chi connectivity index (χ0v) is 13.7. The number of amides is 1. The molecule has 0 saturated heterocycles. The fourth-order valence-corrected chi connectivity index (χ4v) is 3.05. The molecule has 1 aliphatic rings. The molecule has 130 valence electrons. The first-order valence-electron chi connectivity index (χ1n) is 8.12. The van der Waals surface area contributed by atoms with Crippen LogP contribution in [0, 0.1) is 5.82 Å². The minimum Gasteiger partial charge on any atom is -0.326 e. The van der Waals surface area contributed by atoms with E-state index < -0.39 is 11.4 Å². The zero-order valence-electron chi connectivity index (χ0n) is 13.7. The Labute approximate surface area is 147 Å². The van der Waals surface area contributed by atoms with Crippen molar-refractivity contribution in [3.05, 3.63) is 70.0 Å². The van der Waals surface area contributed by atoms with Crippen molar-refractivity contribution in [2.24, 2.45) is 0 Å². The largest absolute Gasteiger partial charge is 0.326 e. The first-order chi connectivity index (χ1) is 12.5.